The number of amides is 1. The second-order valence-corrected chi connectivity index (χ2v) is 6.22. The first-order chi connectivity index (χ1) is 12.3. The molecule has 0 saturated heterocycles. The van der Waals surface area contributed by atoms with Crippen LogP contribution in [-0.4, -0.2) is 22.5 Å². The molecule has 0 aromatic heterocycles. The van der Waals surface area contributed by atoms with E-state index in [0.717, 1.165) is 16.7 Å². The maximum atomic E-state index is 13.2. The zero-order chi connectivity index (χ0) is 17.2. The van der Waals surface area contributed by atoms with Crippen LogP contribution in [0.25, 0.3) is 0 Å². The van der Waals surface area contributed by atoms with Crippen molar-refractivity contribution in [3.8, 4) is 0 Å². The van der Waals surface area contributed by atoms with Crippen molar-refractivity contribution in [1.29, 1.82) is 0 Å². The van der Waals surface area contributed by atoms with E-state index in [1.165, 1.54) is 0 Å². The van der Waals surface area contributed by atoms with Crippen molar-refractivity contribution < 1.29 is 9.90 Å². The molecule has 3 aromatic carbocycles. The van der Waals surface area contributed by atoms with Gasteiger partial charge in [0.15, 0.2) is 0 Å². The molecule has 3 nitrogen and oxygen atoms in total. The van der Waals surface area contributed by atoms with Gasteiger partial charge in [0.25, 0.3) is 5.91 Å². The number of nitrogens with zero attached hydrogens (tertiary/aromatic N) is 1. The van der Waals surface area contributed by atoms with Gasteiger partial charge in [0.1, 0.15) is 0 Å². The molecular formula is C22H19NO2. The van der Waals surface area contributed by atoms with Crippen LogP contribution in [0.3, 0.4) is 0 Å². The summed E-state index contributed by atoms with van der Waals surface area (Å²) >= 11 is 0. The molecule has 1 amide bonds. The van der Waals surface area contributed by atoms with Gasteiger partial charge < -0.3 is 10.0 Å². The highest BCUT2D eigenvalue weighted by Crippen LogP contribution is 2.43. The normalized spacial score (nSPS) is 17.4. The Bertz CT molecular complexity index is 877. The van der Waals surface area contributed by atoms with Gasteiger partial charge in [-0.3, -0.25) is 4.79 Å². The molecule has 2 atom stereocenters. The average molecular weight is 329 g/mol. The second-order valence-electron chi connectivity index (χ2n) is 6.22. The Morgan fingerprint density at radius 1 is 0.840 bits per heavy atom. The molecule has 1 N–H and O–H groups in total. The van der Waals surface area contributed by atoms with Crippen LogP contribution in [0.5, 0.6) is 0 Å². The van der Waals surface area contributed by atoms with E-state index >= 15 is 0 Å². The van der Waals surface area contributed by atoms with Crippen LogP contribution in [0.15, 0.2) is 84.9 Å². The Labute approximate surface area is 147 Å². The smallest absolute Gasteiger partial charge is 0.255 e. The fourth-order valence-corrected chi connectivity index (χ4v) is 3.66. The monoisotopic (exact) mass is 329 g/mol. The predicted molar refractivity (Wildman–Crippen MR) is 97.2 cm³/mol. The van der Waals surface area contributed by atoms with Crippen LogP contribution < -0.4 is 0 Å². The standard InChI is InChI=1S/C22H19NO2/c24-15-20(16-9-3-1-4-10-16)23-21(17-11-5-2-6-12-17)18-13-7-8-14-19(18)22(23)25/h1-14,20-21,24H,15H2/t20-,21+/m0/s1. The SMILES string of the molecule is O=C1c2ccccc2[C@@H](c2ccccc2)N1[C@@H](CO)c1ccccc1. The highest BCUT2D eigenvalue weighted by atomic mass is 16.3. The highest BCUT2D eigenvalue weighted by Gasteiger charge is 2.41. The summed E-state index contributed by atoms with van der Waals surface area (Å²) in [7, 11) is 0. The number of carbonyl (C=O) groups excluding carboxylic acids is 1. The third-order valence-corrected chi connectivity index (χ3v) is 4.81. The Hall–Kier alpha value is -2.91. The Balaban J connectivity index is 1.86. The van der Waals surface area contributed by atoms with Gasteiger partial charge in [-0.1, -0.05) is 78.9 Å². The van der Waals surface area contributed by atoms with E-state index in [-0.39, 0.29) is 24.6 Å². The van der Waals surface area contributed by atoms with Crippen LogP contribution in [0.1, 0.15) is 39.1 Å². The number of aliphatic hydroxyl groups is 1. The number of rotatable bonds is 4. The summed E-state index contributed by atoms with van der Waals surface area (Å²) in [6.45, 7) is -0.118. The molecule has 1 heterocycles. The van der Waals surface area contributed by atoms with Gasteiger partial charge in [0, 0.05) is 5.56 Å². The van der Waals surface area contributed by atoms with E-state index in [0.29, 0.717) is 5.56 Å². The van der Waals surface area contributed by atoms with Crippen LogP contribution in [0.2, 0.25) is 0 Å². The molecule has 1 aliphatic rings. The van der Waals surface area contributed by atoms with Crippen LogP contribution >= 0.6 is 0 Å². The Morgan fingerprint density at radius 2 is 1.44 bits per heavy atom. The molecule has 0 unspecified atom stereocenters. The Kier molecular flexibility index (Phi) is 4.08. The van der Waals surface area contributed by atoms with Crippen LogP contribution in [-0.2, 0) is 0 Å². The number of fused-ring (bicyclic) bond motifs is 1. The first-order valence-electron chi connectivity index (χ1n) is 8.43. The van der Waals surface area contributed by atoms with Gasteiger partial charge in [-0.2, -0.15) is 0 Å². The molecule has 3 aromatic rings. The van der Waals surface area contributed by atoms with Crippen molar-refractivity contribution in [3.05, 3.63) is 107 Å². The van der Waals surface area contributed by atoms with Gasteiger partial charge in [0.2, 0.25) is 0 Å². The lowest BCUT2D eigenvalue weighted by Gasteiger charge is -2.33. The largest absolute Gasteiger partial charge is 0.394 e. The van der Waals surface area contributed by atoms with Gasteiger partial charge in [-0.05, 0) is 22.8 Å². The van der Waals surface area contributed by atoms with Crippen molar-refractivity contribution in [2.75, 3.05) is 6.61 Å². The quantitative estimate of drug-likeness (QED) is 0.787. The molecule has 124 valence electrons. The molecule has 4 rings (SSSR count). The average Bonchev–Trinajstić information content (AvgIpc) is 2.97. The third kappa shape index (κ3) is 2.63. The van der Waals surface area contributed by atoms with Crippen LogP contribution in [0.4, 0.5) is 0 Å². The van der Waals surface area contributed by atoms with E-state index in [9.17, 15) is 9.90 Å². The number of benzene rings is 3. The molecular weight excluding hydrogens is 310 g/mol. The highest BCUT2D eigenvalue weighted by molar-refractivity contribution is 6.00. The summed E-state index contributed by atoms with van der Waals surface area (Å²) in [5.74, 6) is -0.0349. The van der Waals surface area contributed by atoms with E-state index in [1.54, 1.807) is 0 Å². The van der Waals surface area contributed by atoms with E-state index in [2.05, 4.69) is 0 Å². The van der Waals surface area contributed by atoms with Gasteiger partial charge in [-0.25, -0.2) is 0 Å². The van der Waals surface area contributed by atoms with Crippen molar-refractivity contribution >= 4 is 5.91 Å². The molecule has 0 saturated carbocycles. The zero-order valence-electron chi connectivity index (χ0n) is 13.7. The van der Waals surface area contributed by atoms with Crippen molar-refractivity contribution in [3.63, 3.8) is 0 Å². The van der Waals surface area contributed by atoms with Crippen LogP contribution in [0, 0.1) is 0 Å². The lowest BCUT2D eigenvalue weighted by Crippen LogP contribution is -2.35. The molecule has 0 bridgehead atoms. The van der Waals surface area contributed by atoms with Gasteiger partial charge in [-0.15, -0.1) is 0 Å². The van der Waals surface area contributed by atoms with E-state index in [4.69, 9.17) is 0 Å². The minimum atomic E-state index is -0.383. The van der Waals surface area contributed by atoms with E-state index < -0.39 is 0 Å². The number of hydrogen-bond acceptors (Lipinski definition) is 2. The molecule has 0 fully saturated rings. The second kappa shape index (κ2) is 6.54. The van der Waals surface area contributed by atoms with Crippen molar-refractivity contribution in [2.45, 2.75) is 12.1 Å². The lowest BCUT2D eigenvalue weighted by molar-refractivity contribution is 0.0562. The first kappa shape index (κ1) is 15.6. The summed E-state index contributed by atoms with van der Waals surface area (Å²) in [5, 5.41) is 10.1. The molecule has 0 aliphatic carbocycles. The number of aliphatic hydroxyl groups excluding tert-OH is 1. The predicted octanol–water partition coefficient (Wildman–Crippen LogP) is 3.97. The van der Waals surface area contributed by atoms with Gasteiger partial charge in [0.05, 0.1) is 18.7 Å². The fraction of sp³-hybridized carbons (Fsp3) is 0.136. The summed E-state index contributed by atoms with van der Waals surface area (Å²) in [6, 6.07) is 26.9. The molecule has 25 heavy (non-hydrogen) atoms. The summed E-state index contributed by atoms with van der Waals surface area (Å²) in [5.41, 5.74) is 3.70. The molecule has 3 heteroatoms. The Morgan fingerprint density at radius 3 is 2.12 bits per heavy atom. The molecule has 1 aliphatic heterocycles. The summed E-state index contributed by atoms with van der Waals surface area (Å²) in [6.07, 6.45) is 0. The minimum Gasteiger partial charge on any atom is -0.394 e. The van der Waals surface area contributed by atoms with Crippen molar-refractivity contribution in [2.24, 2.45) is 0 Å². The molecule has 0 spiro atoms. The minimum absolute atomic E-state index is 0.0349. The maximum Gasteiger partial charge on any atom is 0.255 e. The fourth-order valence-electron chi connectivity index (χ4n) is 3.66. The summed E-state index contributed by atoms with van der Waals surface area (Å²) in [4.78, 5) is 15.0. The number of carbonyl (C=O) groups is 1. The van der Waals surface area contributed by atoms with E-state index in [1.807, 2.05) is 89.8 Å². The first-order valence-corrected chi connectivity index (χ1v) is 8.43. The third-order valence-electron chi connectivity index (χ3n) is 4.81. The van der Waals surface area contributed by atoms with Crippen molar-refractivity contribution in [1.82, 2.24) is 4.90 Å². The zero-order valence-corrected chi connectivity index (χ0v) is 13.7. The lowest BCUT2D eigenvalue weighted by atomic mass is 9.96. The van der Waals surface area contributed by atoms with Gasteiger partial charge >= 0.3 is 0 Å². The summed E-state index contributed by atoms with van der Waals surface area (Å²) < 4.78 is 0. The maximum absolute atomic E-state index is 13.2. The molecule has 0 radical (unpaired) electrons. The topological polar surface area (TPSA) is 40.5 Å². The number of hydrogen-bond donors (Lipinski definition) is 1.